The van der Waals surface area contributed by atoms with Gasteiger partial charge in [0.25, 0.3) is 5.52 Å². The Morgan fingerprint density at radius 3 is 2.17 bits per heavy atom. The zero-order valence-electron chi connectivity index (χ0n) is 13.8. The Kier molecular flexibility index (Phi) is 6.04. The maximum atomic E-state index is 13.2. The minimum absolute atomic E-state index is 0.0306. The summed E-state index contributed by atoms with van der Waals surface area (Å²) in [6.45, 7) is 3.36. The molecule has 130 valence electrons. The van der Waals surface area contributed by atoms with E-state index in [0.29, 0.717) is 5.06 Å². The predicted octanol–water partition coefficient (Wildman–Crippen LogP) is 4.60. The first-order valence-corrected chi connectivity index (χ1v) is 9.61. The van der Waals surface area contributed by atoms with Crippen LogP contribution in [0.3, 0.4) is 0 Å². The number of methoxy groups -OCH3 is 2. The lowest BCUT2D eigenvalue weighted by Crippen LogP contribution is -2.14. The lowest BCUT2D eigenvalue weighted by Gasteiger charge is -2.21. The highest BCUT2D eigenvalue weighted by Crippen LogP contribution is 2.55. The Hall–Kier alpha value is -1.82. The third-order valence-corrected chi connectivity index (χ3v) is 5.67. The topological polar surface area (TPSA) is 71.1 Å². The summed E-state index contributed by atoms with van der Waals surface area (Å²) in [7, 11) is -1.31. The average molecular weight is 370 g/mol. The van der Waals surface area contributed by atoms with Gasteiger partial charge in [0.05, 0.1) is 20.3 Å². The number of hydrogen-bond acceptors (Lipinski definition) is 7. The second-order valence-electron chi connectivity index (χ2n) is 5.02. The highest BCUT2D eigenvalue weighted by Gasteiger charge is 2.42. The molecular formula is C16H19O6PS. The van der Waals surface area contributed by atoms with E-state index in [0.717, 1.165) is 0 Å². The highest BCUT2D eigenvalue weighted by molar-refractivity contribution is 7.73. The van der Waals surface area contributed by atoms with E-state index < -0.39 is 19.2 Å². The van der Waals surface area contributed by atoms with Crippen LogP contribution < -0.4 is 14.0 Å². The van der Waals surface area contributed by atoms with E-state index in [9.17, 15) is 9.36 Å². The van der Waals surface area contributed by atoms with Gasteiger partial charge in [-0.15, -0.1) is 11.3 Å². The minimum atomic E-state index is -4.15. The molecule has 0 bridgehead atoms. The van der Waals surface area contributed by atoms with E-state index in [1.807, 2.05) is 0 Å². The monoisotopic (exact) mass is 370 g/mol. The lowest BCUT2D eigenvalue weighted by atomic mass is 10.2. The molecular weight excluding hydrogens is 351 g/mol. The van der Waals surface area contributed by atoms with Crippen LogP contribution >= 0.6 is 18.9 Å². The summed E-state index contributed by atoms with van der Waals surface area (Å²) in [5.41, 5.74) is -0.776. The number of carbonyl (C=O) groups is 1. The largest absolute Gasteiger partial charge is 0.496 e. The van der Waals surface area contributed by atoms with Crippen molar-refractivity contribution in [3.05, 3.63) is 41.3 Å². The van der Waals surface area contributed by atoms with Gasteiger partial charge in [-0.1, -0.05) is 6.07 Å². The van der Waals surface area contributed by atoms with Gasteiger partial charge >= 0.3 is 7.60 Å². The Bertz CT molecular complexity index is 719. The number of benzene rings is 1. The molecule has 1 unspecified atom stereocenters. The fraction of sp³-hybridized carbons (Fsp3) is 0.312. The number of ether oxygens (including phenoxy) is 2. The van der Waals surface area contributed by atoms with Gasteiger partial charge in [-0.3, -0.25) is 9.32 Å². The second-order valence-corrected chi connectivity index (χ2v) is 7.72. The number of carbonyl (C=O) groups excluding carboxylic acids is 1. The van der Waals surface area contributed by atoms with Crippen LogP contribution in [0.2, 0.25) is 0 Å². The lowest BCUT2D eigenvalue weighted by molar-refractivity contribution is 0.100. The van der Waals surface area contributed by atoms with Gasteiger partial charge in [-0.25, -0.2) is 4.57 Å². The van der Waals surface area contributed by atoms with Gasteiger partial charge in [0.15, 0.2) is 5.06 Å². The van der Waals surface area contributed by atoms with Crippen molar-refractivity contribution in [2.24, 2.45) is 0 Å². The molecule has 0 aliphatic carbocycles. The van der Waals surface area contributed by atoms with Gasteiger partial charge in [0, 0.05) is 0 Å². The van der Waals surface area contributed by atoms with Gasteiger partial charge in [0.2, 0.25) is 0 Å². The van der Waals surface area contributed by atoms with Crippen LogP contribution in [0.4, 0.5) is 0 Å². The normalized spacial score (nSPS) is 13.4. The van der Waals surface area contributed by atoms with E-state index in [1.54, 1.807) is 49.6 Å². The molecule has 8 heteroatoms. The summed E-state index contributed by atoms with van der Waals surface area (Å²) in [4.78, 5) is 13.0. The molecule has 0 aliphatic rings. The van der Waals surface area contributed by atoms with Gasteiger partial charge in [-0.2, -0.15) is 0 Å². The molecule has 0 aliphatic heterocycles. The summed E-state index contributed by atoms with van der Waals surface area (Å²) >= 11 is 1.22. The van der Waals surface area contributed by atoms with Crippen molar-refractivity contribution in [2.75, 3.05) is 14.2 Å². The molecule has 1 atom stereocenters. The fourth-order valence-corrected chi connectivity index (χ4v) is 4.50. The second kappa shape index (κ2) is 7.83. The number of rotatable bonds is 8. The standard InChI is InChI=1S/C16H19O6PS/c1-11(2)21-23(18,22-14-9-6-10-24-14)16(17)15-12(19-3)7-5-8-13(15)20-4/h5-11H,1-4H3. The Labute approximate surface area is 144 Å². The van der Waals surface area contributed by atoms with Crippen molar-refractivity contribution in [1.82, 2.24) is 0 Å². The maximum absolute atomic E-state index is 13.2. The van der Waals surface area contributed by atoms with Gasteiger partial charge < -0.3 is 14.0 Å². The fourth-order valence-electron chi connectivity index (χ4n) is 2.02. The molecule has 0 radical (unpaired) electrons. The first-order valence-electron chi connectivity index (χ1n) is 7.18. The molecule has 0 amide bonds. The minimum Gasteiger partial charge on any atom is -0.496 e. The maximum Gasteiger partial charge on any atom is 0.452 e. The van der Waals surface area contributed by atoms with Crippen LogP contribution in [0.15, 0.2) is 35.7 Å². The van der Waals surface area contributed by atoms with Crippen LogP contribution in [0.25, 0.3) is 0 Å². The van der Waals surface area contributed by atoms with E-state index in [4.69, 9.17) is 18.5 Å². The van der Waals surface area contributed by atoms with Crippen molar-refractivity contribution >= 4 is 24.5 Å². The summed E-state index contributed by atoms with van der Waals surface area (Å²) in [6, 6.07) is 8.19. The summed E-state index contributed by atoms with van der Waals surface area (Å²) in [5.74, 6) is 0.475. The van der Waals surface area contributed by atoms with Crippen molar-refractivity contribution in [2.45, 2.75) is 20.0 Å². The molecule has 0 spiro atoms. The SMILES string of the molecule is COc1cccc(OC)c1C(=O)P(=O)(Oc1cccs1)OC(C)C. The molecule has 0 saturated carbocycles. The summed E-state index contributed by atoms with van der Waals surface area (Å²) < 4.78 is 34.5. The molecule has 0 fully saturated rings. The van der Waals surface area contributed by atoms with E-state index in [-0.39, 0.29) is 17.1 Å². The Morgan fingerprint density at radius 1 is 1.08 bits per heavy atom. The van der Waals surface area contributed by atoms with E-state index in [1.165, 1.54) is 25.6 Å². The van der Waals surface area contributed by atoms with Gasteiger partial charge in [-0.05, 0) is 43.5 Å². The van der Waals surface area contributed by atoms with Crippen molar-refractivity contribution < 1.29 is 27.9 Å². The molecule has 0 N–H and O–H groups in total. The van der Waals surface area contributed by atoms with Crippen LogP contribution in [-0.2, 0) is 9.09 Å². The molecule has 6 nitrogen and oxygen atoms in total. The molecule has 0 saturated heterocycles. The average Bonchev–Trinajstić information content (AvgIpc) is 3.05. The van der Waals surface area contributed by atoms with Crippen molar-refractivity contribution in [3.63, 3.8) is 0 Å². The first kappa shape index (κ1) is 18.5. The van der Waals surface area contributed by atoms with E-state index >= 15 is 0 Å². The quantitative estimate of drug-likeness (QED) is 0.632. The van der Waals surface area contributed by atoms with E-state index in [2.05, 4.69) is 0 Å². The molecule has 2 rings (SSSR count). The van der Waals surface area contributed by atoms with Gasteiger partial charge in [0.1, 0.15) is 17.1 Å². The first-order chi connectivity index (χ1) is 11.4. The Balaban J connectivity index is 2.51. The van der Waals surface area contributed by atoms with Crippen LogP contribution in [0.1, 0.15) is 24.2 Å². The predicted molar refractivity (Wildman–Crippen MR) is 92.7 cm³/mol. The molecule has 1 heterocycles. The molecule has 24 heavy (non-hydrogen) atoms. The Morgan fingerprint density at radius 2 is 1.71 bits per heavy atom. The summed E-state index contributed by atoms with van der Waals surface area (Å²) in [6.07, 6.45) is -0.472. The number of thiophene rings is 1. The third-order valence-electron chi connectivity index (χ3n) is 2.95. The third kappa shape index (κ3) is 3.98. The van der Waals surface area contributed by atoms with Crippen molar-refractivity contribution in [3.8, 4) is 16.6 Å². The smallest absolute Gasteiger partial charge is 0.452 e. The number of hydrogen-bond donors (Lipinski definition) is 0. The highest BCUT2D eigenvalue weighted by atomic mass is 32.1. The molecule has 1 aromatic heterocycles. The summed E-state index contributed by atoms with van der Waals surface area (Å²) in [5, 5.41) is 2.09. The molecule has 2 aromatic rings. The van der Waals surface area contributed by atoms with Crippen molar-refractivity contribution in [1.29, 1.82) is 0 Å². The zero-order chi connectivity index (χ0) is 17.7. The van der Waals surface area contributed by atoms with Crippen LogP contribution in [0, 0.1) is 0 Å². The zero-order valence-corrected chi connectivity index (χ0v) is 15.6. The van der Waals surface area contributed by atoms with Crippen LogP contribution in [0.5, 0.6) is 16.6 Å². The molecule has 1 aromatic carbocycles. The van der Waals surface area contributed by atoms with Crippen LogP contribution in [-0.4, -0.2) is 25.8 Å².